The molecule has 3 amide bonds. The molecule has 190 valence electrons. The summed E-state index contributed by atoms with van der Waals surface area (Å²) in [7, 11) is 0. The molecule has 7 atom stereocenters. The molecule has 3 N–H and O–H groups in total. The number of nitrogens with zero attached hydrogens (tertiary/aromatic N) is 1. The first kappa shape index (κ1) is 25.1. The van der Waals surface area contributed by atoms with E-state index in [9.17, 15) is 19.5 Å². The first-order chi connectivity index (χ1) is 17.3. The van der Waals surface area contributed by atoms with Crippen LogP contribution in [-0.4, -0.2) is 56.4 Å². The topological polar surface area (TPSA) is 98.7 Å². The van der Waals surface area contributed by atoms with Crippen molar-refractivity contribution in [2.24, 2.45) is 17.8 Å². The number of para-hydroxylation sites is 1. The number of benzene rings is 2. The number of hydrogen-bond donors (Lipinski definition) is 3. The highest BCUT2D eigenvalue weighted by Crippen LogP contribution is 2.68. The van der Waals surface area contributed by atoms with Crippen LogP contribution >= 0.6 is 23.4 Å². The summed E-state index contributed by atoms with van der Waals surface area (Å²) in [6.45, 7) is 3.90. The number of hydrogen-bond acceptors (Lipinski definition) is 5. The van der Waals surface area contributed by atoms with Gasteiger partial charge >= 0.3 is 0 Å². The van der Waals surface area contributed by atoms with Crippen LogP contribution in [0.3, 0.4) is 0 Å². The van der Waals surface area contributed by atoms with E-state index in [-0.39, 0.29) is 35.5 Å². The van der Waals surface area contributed by atoms with Crippen LogP contribution in [0.5, 0.6) is 0 Å². The van der Waals surface area contributed by atoms with Crippen molar-refractivity contribution < 1.29 is 19.5 Å². The van der Waals surface area contributed by atoms with Gasteiger partial charge in [0.2, 0.25) is 17.7 Å². The summed E-state index contributed by atoms with van der Waals surface area (Å²) in [5.41, 5.74) is 1.45. The molecule has 3 aliphatic heterocycles. The molecule has 9 heteroatoms. The first-order valence-corrected chi connectivity index (χ1v) is 13.5. The number of rotatable bonds is 7. The van der Waals surface area contributed by atoms with Gasteiger partial charge < -0.3 is 20.6 Å². The number of nitrogens with one attached hydrogen (secondary N) is 2. The van der Waals surface area contributed by atoms with Crippen LogP contribution < -0.4 is 10.6 Å². The van der Waals surface area contributed by atoms with Crippen LogP contribution in [0.25, 0.3) is 0 Å². The molecule has 3 fully saturated rings. The molecule has 2 aromatic carbocycles. The maximum Gasteiger partial charge on any atom is 0.248 e. The highest BCUT2D eigenvalue weighted by atomic mass is 35.5. The second-order valence-electron chi connectivity index (χ2n) is 10.0. The molecule has 3 aliphatic rings. The fourth-order valence-electron chi connectivity index (χ4n) is 6.29. The number of fused-ring (bicyclic) bond motifs is 1. The standard InChI is InChI=1S/C27H30ClN3O4S/c1-15-12-20-21(24(33)29-13-17-8-4-3-5-9-17)22-26(35)31(16(2)14-32)23(27(15,22)36-20)25(34)30-19-11-7-6-10-18(19)28/h3-11,15-16,20-23,32H,12-14H2,1-2H3,(H,29,33)(H,30,34)/t15?,16-,20-,21+,22+,23?,27?/m1/s1. The summed E-state index contributed by atoms with van der Waals surface area (Å²) >= 11 is 7.91. The van der Waals surface area contributed by atoms with Gasteiger partial charge in [-0.1, -0.05) is 61.0 Å². The fraction of sp³-hybridized carbons (Fsp3) is 0.444. The predicted octanol–water partition coefficient (Wildman–Crippen LogP) is 3.31. The zero-order chi connectivity index (χ0) is 25.6. The van der Waals surface area contributed by atoms with Gasteiger partial charge in [-0.2, -0.15) is 0 Å². The van der Waals surface area contributed by atoms with Crippen molar-refractivity contribution in [2.75, 3.05) is 11.9 Å². The van der Waals surface area contributed by atoms with Crippen molar-refractivity contribution in [3.05, 3.63) is 65.2 Å². The van der Waals surface area contributed by atoms with Crippen molar-refractivity contribution in [3.8, 4) is 0 Å². The minimum atomic E-state index is -0.828. The molecular weight excluding hydrogens is 498 g/mol. The lowest BCUT2D eigenvalue weighted by atomic mass is 9.66. The molecule has 1 spiro atoms. The Balaban J connectivity index is 1.48. The van der Waals surface area contributed by atoms with Gasteiger partial charge in [0, 0.05) is 11.8 Å². The summed E-state index contributed by atoms with van der Waals surface area (Å²) in [5.74, 6) is -1.87. The van der Waals surface area contributed by atoms with Gasteiger partial charge in [0.15, 0.2) is 0 Å². The molecule has 2 aromatic rings. The Morgan fingerprint density at radius 2 is 1.86 bits per heavy atom. The van der Waals surface area contributed by atoms with Gasteiger partial charge in [0.1, 0.15) is 6.04 Å². The van der Waals surface area contributed by atoms with Crippen LogP contribution in [-0.2, 0) is 20.9 Å². The highest BCUT2D eigenvalue weighted by molar-refractivity contribution is 8.02. The maximum atomic E-state index is 14.0. The highest BCUT2D eigenvalue weighted by Gasteiger charge is 2.76. The average Bonchev–Trinajstić information content (AvgIpc) is 3.47. The Labute approximate surface area is 220 Å². The van der Waals surface area contributed by atoms with E-state index in [1.165, 1.54) is 4.90 Å². The van der Waals surface area contributed by atoms with Crippen LogP contribution in [0, 0.1) is 17.8 Å². The Morgan fingerprint density at radius 1 is 1.17 bits per heavy atom. The SMILES string of the molecule is CC1C[C@H]2SC13C(C(=O)Nc1ccccc1Cl)N([C@H](C)CO)C(=O)[C@@H]3[C@H]2C(=O)NCc1ccccc1. The molecule has 5 rings (SSSR count). The second-order valence-corrected chi connectivity index (χ2v) is 12.0. The lowest BCUT2D eigenvalue weighted by molar-refractivity contribution is -0.141. The number of amides is 3. The van der Waals surface area contributed by atoms with Gasteiger partial charge in [0.25, 0.3) is 0 Å². The Hall–Kier alpha value is -2.55. The lowest BCUT2D eigenvalue weighted by Crippen LogP contribution is -2.56. The van der Waals surface area contributed by atoms with Crippen LogP contribution in [0.2, 0.25) is 5.02 Å². The van der Waals surface area contributed by atoms with E-state index in [1.54, 1.807) is 43.0 Å². The first-order valence-electron chi connectivity index (χ1n) is 12.3. The van der Waals surface area contributed by atoms with Gasteiger partial charge in [0.05, 0.1) is 39.9 Å². The Bertz CT molecular complexity index is 1180. The van der Waals surface area contributed by atoms with Gasteiger partial charge in [-0.05, 0) is 37.0 Å². The molecule has 3 unspecified atom stereocenters. The molecule has 2 bridgehead atoms. The van der Waals surface area contributed by atoms with Gasteiger partial charge in [-0.15, -0.1) is 11.8 Å². The molecule has 0 radical (unpaired) electrons. The third kappa shape index (κ3) is 3.90. The van der Waals surface area contributed by atoms with Crippen LogP contribution in [0.15, 0.2) is 54.6 Å². The minimum absolute atomic E-state index is 0.0394. The third-order valence-corrected chi connectivity index (χ3v) is 10.3. The zero-order valence-electron chi connectivity index (χ0n) is 20.2. The number of carbonyl (C=O) groups is 3. The average molecular weight is 528 g/mol. The molecule has 3 heterocycles. The number of anilines is 1. The van der Waals surface area contributed by atoms with E-state index in [1.807, 2.05) is 30.3 Å². The van der Waals surface area contributed by atoms with Crippen molar-refractivity contribution in [3.63, 3.8) is 0 Å². The lowest BCUT2D eigenvalue weighted by Gasteiger charge is -2.39. The second kappa shape index (κ2) is 9.72. The molecule has 0 aromatic heterocycles. The summed E-state index contributed by atoms with van der Waals surface area (Å²) in [6, 6.07) is 15.2. The maximum absolute atomic E-state index is 14.0. The van der Waals surface area contributed by atoms with Gasteiger partial charge in [-0.25, -0.2) is 0 Å². The largest absolute Gasteiger partial charge is 0.394 e. The number of halogens is 1. The number of thioether (sulfide) groups is 1. The monoisotopic (exact) mass is 527 g/mol. The minimum Gasteiger partial charge on any atom is -0.394 e. The van der Waals surface area contributed by atoms with Gasteiger partial charge in [-0.3, -0.25) is 14.4 Å². The summed E-state index contributed by atoms with van der Waals surface area (Å²) in [6.07, 6.45) is 0.745. The number of carbonyl (C=O) groups excluding carboxylic acids is 3. The zero-order valence-corrected chi connectivity index (χ0v) is 21.8. The molecule has 0 aliphatic carbocycles. The van der Waals surface area contributed by atoms with E-state index >= 15 is 0 Å². The summed E-state index contributed by atoms with van der Waals surface area (Å²) < 4.78 is -0.759. The van der Waals surface area contributed by atoms with Crippen molar-refractivity contribution in [1.82, 2.24) is 10.2 Å². The van der Waals surface area contributed by atoms with Crippen LogP contribution in [0.1, 0.15) is 25.8 Å². The predicted molar refractivity (Wildman–Crippen MR) is 140 cm³/mol. The van der Waals surface area contributed by atoms with Crippen LogP contribution in [0.4, 0.5) is 5.69 Å². The Morgan fingerprint density at radius 3 is 2.56 bits per heavy atom. The molecule has 7 nitrogen and oxygen atoms in total. The smallest absolute Gasteiger partial charge is 0.248 e. The number of likely N-dealkylation sites (tertiary alicyclic amines) is 1. The normalized spacial score (nSPS) is 31.3. The van der Waals surface area contributed by atoms with Crippen molar-refractivity contribution in [2.45, 2.75) is 48.9 Å². The summed E-state index contributed by atoms with van der Waals surface area (Å²) in [5, 5.41) is 16.3. The van der Waals surface area contributed by atoms with Crippen molar-refractivity contribution in [1.29, 1.82) is 0 Å². The molecule has 0 saturated carbocycles. The fourth-order valence-corrected chi connectivity index (χ4v) is 8.88. The van der Waals surface area contributed by atoms with E-state index in [0.717, 1.165) is 12.0 Å². The quantitative estimate of drug-likeness (QED) is 0.513. The molecular formula is C27H30ClN3O4S. The van der Waals surface area contributed by atoms with Crippen molar-refractivity contribution >= 4 is 46.8 Å². The van der Waals surface area contributed by atoms with E-state index < -0.39 is 28.7 Å². The van der Waals surface area contributed by atoms with E-state index in [0.29, 0.717) is 17.3 Å². The molecule has 36 heavy (non-hydrogen) atoms. The Kier molecular flexibility index (Phi) is 6.78. The third-order valence-electron chi connectivity index (χ3n) is 7.91. The molecule has 3 saturated heterocycles. The summed E-state index contributed by atoms with van der Waals surface area (Å²) in [4.78, 5) is 42.8. The van der Waals surface area contributed by atoms with E-state index in [4.69, 9.17) is 11.6 Å². The number of aliphatic hydroxyl groups excluding tert-OH is 1. The number of aliphatic hydroxyl groups is 1. The van der Waals surface area contributed by atoms with E-state index in [2.05, 4.69) is 17.6 Å².